The summed E-state index contributed by atoms with van der Waals surface area (Å²) in [6, 6.07) is 7.22. The van der Waals surface area contributed by atoms with Crippen molar-refractivity contribution in [2.75, 3.05) is 0 Å². The molecular formula is C12H11NO2. The normalized spacial score (nSPS) is 10.3. The van der Waals surface area contributed by atoms with Crippen LogP contribution in [-0.2, 0) is 0 Å². The Labute approximate surface area is 87.8 Å². The van der Waals surface area contributed by atoms with Crippen molar-refractivity contribution in [3.63, 3.8) is 0 Å². The number of Topliss-reactive ketones (excluding diaryl/α,β-unsaturated/α-hetero) is 1. The summed E-state index contributed by atoms with van der Waals surface area (Å²) in [5.41, 5.74) is 1.58. The fraction of sp³-hybridized carbons (Fsp3) is 0.167. The van der Waals surface area contributed by atoms with Gasteiger partial charge in [0.05, 0.1) is 6.20 Å². The lowest BCUT2D eigenvalue weighted by molar-refractivity contribution is 0.101. The van der Waals surface area contributed by atoms with Crippen LogP contribution in [0, 0.1) is 6.92 Å². The highest BCUT2D eigenvalue weighted by atomic mass is 16.4. The van der Waals surface area contributed by atoms with E-state index in [9.17, 15) is 4.79 Å². The summed E-state index contributed by atoms with van der Waals surface area (Å²) in [5, 5.41) is 0. The summed E-state index contributed by atoms with van der Waals surface area (Å²) < 4.78 is 5.37. The number of hydrogen-bond acceptors (Lipinski definition) is 3. The number of aromatic nitrogens is 1. The minimum absolute atomic E-state index is 0.0603. The Hall–Kier alpha value is -1.90. The van der Waals surface area contributed by atoms with Gasteiger partial charge in [-0.15, -0.1) is 0 Å². The van der Waals surface area contributed by atoms with Crippen molar-refractivity contribution < 1.29 is 9.21 Å². The summed E-state index contributed by atoms with van der Waals surface area (Å²) in [6.45, 7) is 3.39. The van der Waals surface area contributed by atoms with Gasteiger partial charge in [0.15, 0.2) is 5.78 Å². The summed E-state index contributed by atoms with van der Waals surface area (Å²) in [7, 11) is 0. The van der Waals surface area contributed by atoms with Crippen molar-refractivity contribution in [1.29, 1.82) is 0 Å². The maximum absolute atomic E-state index is 11.1. The topological polar surface area (TPSA) is 43.1 Å². The van der Waals surface area contributed by atoms with Crippen LogP contribution in [0.1, 0.15) is 23.0 Å². The summed E-state index contributed by atoms with van der Waals surface area (Å²) in [6.07, 6.45) is 1.67. The first-order valence-electron chi connectivity index (χ1n) is 4.70. The van der Waals surface area contributed by atoms with Crippen LogP contribution < -0.4 is 0 Å². The molecule has 0 aliphatic heterocycles. The smallest absolute Gasteiger partial charge is 0.226 e. The molecule has 3 nitrogen and oxygen atoms in total. The van der Waals surface area contributed by atoms with Crippen LogP contribution in [0.5, 0.6) is 0 Å². The first kappa shape index (κ1) is 9.65. The Morgan fingerprint density at radius 1 is 1.27 bits per heavy atom. The lowest BCUT2D eigenvalue weighted by atomic mass is 10.1. The standard InChI is InChI=1S/C12H11NO2/c1-8-7-13-12(15-8)11-5-3-10(4-6-11)9(2)14/h3-7H,1-2H3. The van der Waals surface area contributed by atoms with Crippen LogP contribution in [0.25, 0.3) is 11.5 Å². The molecule has 0 amide bonds. The number of aryl methyl sites for hydroxylation is 1. The average molecular weight is 201 g/mol. The fourth-order valence-corrected chi connectivity index (χ4v) is 1.34. The number of nitrogens with zero attached hydrogens (tertiary/aromatic N) is 1. The molecule has 0 aliphatic rings. The number of carbonyl (C=O) groups is 1. The lowest BCUT2D eigenvalue weighted by Gasteiger charge is -1.97. The molecule has 0 spiro atoms. The quantitative estimate of drug-likeness (QED) is 0.701. The van der Waals surface area contributed by atoms with Gasteiger partial charge in [0.1, 0.15) is 5.76 Å². The van der Waals surface area contributed by atoms with Gasteiger partial charge >= 0.3 is 0 Å². The minimum Gasteiger partial charge on any atom is -0.441 e. The predicted octanol–water partition coefficient (Wildman–Crippen LogP) is 2.85. The molecule has 0 aliphatic carbocycles. The third kappa shape index (κ3) is 1.96. The first-order chi connectivity index (χ1) is 7.16. The molecule has 2 aromatic rings. The van der Waals surface area contributed by atoms with E-state index in [0.717, 1.165) is 11.3 Å². The molecule has 76 valence electrons. The second-order valence-corrected chi connectivity index (χ2v) is 3.41. The van der Waals surface area contributed by atoms with Gasteiger partial charge in [0.2, 0.25) is 5.89 Å². The molecule has 2 rings (SSSR count). The largest absolute Gasteiger partial charge is 0.441 e. The zero-order valence-electron chi connectivity index (χ0n) is 8.65. The van der Waals surface area contributed by atoms with Gasteiger partial charge < -0.3 is 4.42 Å². The van der Waals surface area contributed by atoms with Crippen LogP contribution in [0.15, 0.2) is 34.9 Å². The van der Waals surface area contributed by atoms with Gasteiger partial charge in [-0.1, -0.05) is 12.1 Å². The van der Waals surface area contributed by atoms with E-state index < -0.39 is 0 Å². The molecule has 1 aromatic heterocycles. The monoisotopic (exact) mass is 201 g/mol. The van der Waals surface area contributed by atoms with Crippen molar-refractivity contribution in [2.24, 2.45) is 0 Å². The van der Waals surface area contributed by atoms with Crippen LogP contribution in [-0.4, -0.2) is 10.8 Å². The SMILES string of the molecule is CC(=O)c1ccc(-c2ncc(C)o2)cc1. The maximum Gasteiger partial charge on any atom is 0.226 e. The molecule has 1 heterocycles. The Morgan fingerprint density at radius 2 is 1.93 bits per heavy atom. The van der Waals surface area contributed by atoms with Crippen molar-refractivity contribution in [1.82, 2.24) is 4.98 Å². The van der Waals surface area contributed by atoms with Crippen molar-refractivity contribution in [3.8, 4) is 11.5 Å². The van der Waals surface area contributed by atoms with Crippen molar-refractivity contribution in [2.45, 2.75) is 13.8 Å². The maximum atomic E-state index is 11.1. The molecule has 0 bridgehead atoms. The molecule has 1 aromatic carbocycles. The molecule has 3 heteroatoms. The van der Waals surface area contributed by atoms with Crippen LogP contribution in [0.3, 0.4) is 0 Å². The van der Waals surface area contributed by atoms with Gasteiger partial charge in [0.25, 0.3) is 0 Å². The predicted molar refractivity (Wildman–Crippen MR) is 56.7 cm³/mol. The van der Waals surface area contributed by atoms with E-state index in [2.05, 4.69) is 4.98 Å². The van der Waals surface area contributed by atoms with Gasteiger partial charge in [-0.25, -0.2) is 4.98 Å². The van der Waals surface area contributed by atoms with Crippen LogP contribution in [0.2, 0.25) is 0 Å². The highest BCUT2D eigenvalue weighted by molar-refractivity contribution is 5.94. The molecule has 0 N–H and O–H groups in total. The minimum atomic E-state index is 0.0603. The average Bonchev–Trinajstić information content (AvgIpc) is 2.65. The van der Waals surface area contributed by atoms with E-state index in [1.807, 2.05) is 19.1 Å². The highest BCUT2D eigenvalue weighted by Gasteiger charge is 2.05. The number of carbonyl (C=O) groups excluding carboxylic acids is 1. The summed E-state index contributed by atoms with van der Waals surface area (Å²) in [4.78, 5) is 15.2. The molecule has 0 saturated carbocycles. The van der Waals surface area contributed by atoms with E-state index in [4.69, 9.17) is 4.42 Å². The fourth-order valence-electron chi connectivity index (χ4n) is 1.34. The Bertz CT molecular complexity index is 483. The number of oxazole rings is 1. The third-order valence-corrected chi connectivity index (χ3v) is 2.16. The zero-order chi connectivity index (χ0) is 10.8. The molecule has 0 atom stereocenters. The summed E-state index contributed by atoms with van der Waals surface area (Å²) >= 11 is 0. The number of rotatable bonds is 2. The molecule has 15 heavy (non-hydrogen) atoms. The van der Waals surface area contributed by atoms with E-state index in [0.29, 0.717) is 11.5 Å². The van der Waals surface area contributed by atoms with Gasteiger partial charge in [-0.3, -0.25) is 4.79 Å². The lowest BCUT2D eigenvalue weighted by Crippen LogP contribution is -1.90. The first-order valence-corrected chi connectivity index (χ1v) is 4.70. The van der Waals surface area contributed by atoms with E-state index in [1.165, 1.54) is 0 Å². The Morgan fingerprint density at radius 3 is 2.40 bits per heavy atom. The Balaban J connectivity index is 2.35. The molecule has 0 saturated heterocycles. The number of ketones is 1. The second kappa shape index (κ2) is 3.69. The summed E-state index contributed by atoms with van der Waals surface area (Å²) in [5.74, 6) is 1.42. The van der Waals surface area contributed by atoms with Crippen molar-refractivity contribution >= 4 is 5.78 Å². The zero-order valence-corrected chi connectivity index (χ0v) is 8.65. The number of benzene rings is 1. The molecular weight excluding hydrogens is 190 g/mol. The van der Waals surface area contributed by atoms with Gasteiger partial charge in [-0.2, -0.15) is 0 Å². The van der Waals surface area contributed by atoms with Crippen LogP contribution >= 0.6 is 0 Å². The van der Waals surface area contributed by atoms with Crippen LogP contribution in [0.4, 0.5) is 0 Å². The van der Waals surface area contributed by atoms with Crippen molar-refractivity contribution in [3.05, 3.63) is 41.8 Å². The number of hydrogen-bond donors (Lipinski definition) is 0. The van der Waals surface area contributed by atoms with E-state index in [-0.39, 0.29) is 5.78 Å². The molecule has 0 radical (unpaired) electrons. The second-order valence-electron chi connectivity index (χ2n) is 3.41. The highest BCUT2D eigenvalue weighted by Crippen LogP contribution is 2.19. The molecule has 0 fully saturated rings. The molecule has 0 unspecified atom stereocenters. The Kier molecular flexibility index (Phi) is 2.37. The van der Waals surface area contributed by atoms with Gasteiger partial charge in [0, 0.05) is 11.1 Å². The van der Waals surface area contributed by atoms with E-state index >= 15 is 0 Å². The van der Waals surface area contributed by atoms with E-state index in [1.54, 1.807) is 25.3 Å². The third-order valence-electron chi connectivity index (χ3n) is 2.16. The van der Waals surface area contributed by atoms with Gasteiger partial charge in [-0.05, 0) is 26.0 Å².